The molecule has 0 saturated carbocycles. The molecule has 0 saturated heterocycles. The topological polar surface area (TPSA) is 19.4 Å². The lowest BCUT2D eigenvalue weighted by Gasteiger charge is -2.28. The lowest BCUT2D eigenvalue weighted by atomic mass is 9.82. The van der Waals surface area contributed by atoms with Gasteiger partial charge in [0, 0.05) is 45.3 Å². The van der Waals surface area contributed by atoms with Crippen LogP contribution in [0.15, 0.2) is 200 Å². The number of hydrogen-bond donors (Lipinski definition) is 0. The molecular weight excluding hydrogens is 667 g/mol. The molecule has 10 rings (SSSR count). The second kappa shape index (κ2) is 13.2. The predicted octanol–water partition coefficient (Wildman–Crippen LogP) is 14.3. The summed E-state index contributed by atoms with van der Waals surface area (Å²) in [5.41, 5.74) is 13.0. The van der Waals surface area contributed by atoms with Crippen LogP contribution in [0.5, 0.6) is 0 Å². The van der Waals surface area contributed by atoms with E-state index in [1.54, 1.807) is 0 Å². The van der Waals surface area contributed by atoms with Crippen molar-refractivity contribution in [1.82, 2.24) is 4.98 Å². The van der Waals surface area contributed by atoms with Crippen LogP contribution >= 0.6 is 0 Å². The summed E-state index contributed by atoms with van der Waals surface area (Å²) in [6, 6.07) is 69.8. The molecule has 0 amide bonds. The minimum atomic E-state index is -0.0786. The standard InChI is InChI=1S/C52H39N3/c1-52(2)48-21-11-10-20-46(48)47-31-30-44(34-49(47)52)54(41-17-4-3-5-18-41)42-27-23-37(24-28-42)40-26-32-51(53-35-40)55(43-29-25-36-13-6-7-15-39(36)33-43)50-22-12-16-38-14-8-9-19-45(38)50/h3-35H,1-2H3. The van der Waals surface area contributed by atoms with Crippen LogP contribution in [-0.2, 0) is 5.41 Å². The van der Waals surface area contributed by atoms with Crippen molar-refractivity contribution in [3.8, 4) is 22.3 Å². The van der Waals surface area contributed by atoms with Gasteiger partial charge >= 0.3 is 0 Å². The van der Waals surface area contributed by atoms with Gasteiger partial charge < -0.3 is 4.90 Å². The average molecular weight is 706 g/mol. The Bertz CT molecular complexity index is 2830. The molecule has 0 aliphatic heterocycles. The molecule has 55 heavy (non-hydrogen) atoms. The maximum Gasteiger partial charge on any atom is 0.137 e. The molecule has 262 valence electrons. The molecule has 1 aliphatic carbocycles. The van der Waals surface area contributed by atoms with Crippen molar-refractivity contribution < 1.29 is 0 Å². The maximum absolute atomic E-state index is 5.13. The van der Waals surface area contributed by atoms with Crippen LogP contribution in [0.3, 0.4) is 0 Å². The van der Waals surface area contributed by atoms with Crippen LogP contribution in [-0.4, -0.2) is 4.98 Å². The largest absolute Gasteiger partial charge is 0.310 e. The molecule has 0 unspecified atom stereocenters. The number of fused-ring (bicyclic) bond motifs is 5. The molecule has 0 spiro atoms. The Labute approximate surface area is 322 Å². The van der Waals surface area contributed by atoms with Gasteiger partial charge in [0.25, 0.3) is 0 Å². The number of nitrogens with zero attached hydrogens (tertiary/aromatic N) is 3. The molecule has 0 fully saturated rings. The van der Waals surface area contributed by atoms with Crippen LogP contribution in [0.1, 0.15) is 25.0 Å². The van der Waals surface area contributed by atoms with Crippen molar-refractivity contribution in [2.45, 2.75) is 19.3 Å². The highest BCUT2D eigenvalue weighted by Crippen LogP contribution is 2.50. The fourth-order valence-corrected chi connectivity index (χ4v) is 8.46. The predicted molar refractivity (Wildman–Crippen MR) is 232 cm³/mol. The van der Waals surface area contributed by atoms with Gasteiger partial charge in [0.1, 0.15) is 5.82 Å². The van der Waals surface area contributed by atoms with Gasteiger partial charge in [-0.2, -0.15) is 0 Å². The smallest absolute Gasteiger partial charge is 0.137 e. The first-order chi connectivity index (χ1) is 27.0. The molecule has 9 aromatic rings. The summed E-state index contributed by atoms with van der Waals surface area (Å²) >= 11 is 0. The third-order valence-corrected chi connectivity index (χ3v) is 11.3. The minimum absolute atomic E-state index is 0.0786. The SMILES string of the molecule is CC1(C)c2ccccc2-c2ccc(N(c3ccccc3)c3ccc(-c4ccc(N(c5ccc6ccccc6c5)c5cccc6ccccc56)nc4)cc3)cc21. The van der Waals surface area contributed by atoms with Crippen molar-refractivity contribution in [3.05, 3.63) is 211 Å². The molecule has 1 heterocycles. The van der Waals surface area contributed by atoms with Crippen LogP contribution in [0.25, 0.3) is 43.8 Å². The molecule has 8 aromatic carbocycles. The van der Waals surface area contributed by atoms with Crippen molar-refractivity contribution in [3.63, 3.8) is 0 Å². The molecule has 1 aromatic heterocycles. The lowest BCUT2D eigenvalue weighted by molar-refractivity contribution is 0.660. The highest BCUT2D eigenvalue weighted by Gasteiger charge is 2.35. The Hall–Kier alpha value is -6.97. The Kier molecular flexibility index (Phi) is 7.81. The Morgan fingerprint density at radius 3 is 1.84 bits per heavy atom. The molecule has 3 heteroatoms. The van der Waals surface area contributed by atoms with E-state index in [9.17, 15) is 0 Å². The molecule has 1 aliphatic rings. The maximum atomic E-state index is 5.13. The van der Waals surface area contributed by atoms with Gasteiger partial charge in [-0.15, -0.1) is 0 Å². The first-order valence-corrected chi connectivity index (χ1v) is 19.0. The average Bonchev–Trinajstić information content (AvgIpc) is 3.47. The number of hydrogen-bond acceptors (Lipinski definition) is 3. The third kappa shape index (κ3) is 5.64. The van der Waals surface area contributed by atoms with Gasteiger partial charge in [0.05, 0.1) is 5.69 Å². The van der Waals surface area contributed by atoms with Crippen molar-refractivity contribution in [2.75, 3.05) is 9.80 Å². The molecule has 0 bridgehead atoms. The number of rotatable bonds is 7. The lowest BCUT2D eigenvalue weighted by Crippen LogP contribution is -2.16. The van der Waals surface area contributed by atoms with Gasteiger partial charge in [-0.05, 0) is 111 Å². The zero-order valence-electron chi connectivity index (χ0n) is 30.9. The highest BCUT2D eigenvalue weighted by molar-refractivity contribution is 6.00. The van der Waals surface area contributed by atoms with Gasteiger partial charge in [0.2, 0.25) is 0 Å². The number of anilines is 6. The molecule has 3 nitrogen and oxygen atoms in total. The normalized spacial score (nSPS) is 12.7. The van der Waals surface area contributed by atoms with Crippen molar-refractivity contribution >= 4 is 55.8 Å². The summed E-state index contributed by atoms with van der Waals surface area (Å²) in [5.74, 6) is 0.865. The summed E-state index contributed by atoms with van der Waals surface area (Å²) < 4.78 is 0. The Morgan fingerprint density at radius 1 is 0.400 bits per heavy atom. The summed E-state index contributed by atoms with van der Waals surface area (Å²) in [7, 11) is 0. The number of benzene rings is 8. The quantitative estimate of drug-likeness (QED) is 0.165. The van der Waals surface area contributed by atoms with E-state index in [-0.39, 0.29) is 5.41 Å². The summed E-state index contributed by atoms with van der Waals surface area (Å²) in [4.78, 5) is 9.76. The van der Waals surface area contributed by atoms with Gasteiger partial charge in [-0.1, -0.05) is 141 Å². The van der Waals surface area contributed by atoms with Crippen LogP contribution < -0.4 is 9.80 Å². The summed E-state index contributed by atoms with van der Waals surface area (Å²) in [5, 5.41) is 4.78. The second-order valence-corrected chi connectivity index (χ2v) is 14.9. The summed E-state index contributed by atoms with van der Waals surface area (Å²) in [6.45, 7) is 4.68. The zero-order chi connectivity index (χ0) is 36.9. The van der Waals surface area contributed by atoms with E-state index in [0.717, 1.165) is 45.4 Å². The van der Waals surface area contributed by atoms with E-state index in [2.05, 4.69) is 218 Å². The minimum Gasteiger partial charge on any atom is -0.310 e. The van der Waals surface area contributed by atoms with Crippen LogP contribution in [0.4, 0.5) is 34.3 Å². The van der Waals surface area contributed by atoms with E-state index < -0.39 is 0 Å². The monoisotopic (exact) mass is 705 g/mol. The molecule has 0 N–H and O–H groups in total. The van der Waals surface area contributed by atoms with E-state index >= 15 is 0 Å². The molecular formula is C52H39N3. The van der Waals surface area contributed by atoms with Crippen molar-refractivity contribution in [1.29, 1.82) is 0 Å². The van der Waals surface area contributed by atoms with Crippen LogP contribution in [0, 0.1) is 0 Å². The number of aromatic nitrogens is 1. The van der Waals surface area contributed by atoms with E-state index in [0.29, 0.717) is 0 Å². The van der Waals surface area contributed by atoms with Gasteiger partial charge in [-0.25, -0.2) is 4.98 Å². The fourth-order valence-electron chi connectivity index (χ4n) is 8.46. The van der Waals surface area contributed by atoms with Crippen LogP contribution in [0.2, 0.25) is 0 Å². The second-order valence-electron chi connectivity index (χ2n) is 14.9. The molecule has 0 radical (unpaired) electrons. The number of para-hydroxylation sites is 1. The number of pyridine rings is 1. The van der Waals surface area contributed by atoms with Crippen molar-refractivity contribution in [2.24, 2.45) is 0 Å². The fraction of sp³-hybridized carbons (Fsp3) is 0.0577. The van der Waals surface area contributed by atoms with E-state index in [1.165, 1.54) is 43.8 Å². The first kappa shape index (κ1) is 32.7. The third-order valence-electron chi connectivity index (χ3n) is 11.3. The van der Waals surface area contributed by atoms with E-state index in [4.69, 9.17) is 4.98 Å². The van der Waals surface area contributed by atoms with Gasteiger partial charge in [-0.3, -0.25) is 4.90 Å². The Balaban J connectivity index is 1.01. The van der Waals surface area contributed by atoms with Gasteiger partial charge in [0.15, 0.2) is 0 Å². The first-order valence-electron chi connectivity index (χ1n) is 19.0. The zero-order valence-corrected chi connectivity index (χ0v) is 30.9. The molecule has 0 atom stereocenters. The van der Waals surface area contributed by atoms with E-state index in [1.807, 2.05) is 6.20 Å². The Morgan fingerprint density at radius 2 is 1.02 bits per heavy atom. The highest BCUT2D eigenvalue weighted by atomic mass is 15.2. The summed E-state index contributed by atoms with van der Waals surface area (Å²) in [6.07, 6.45) is 2.00.